The smallest absolute Gasteiger partial charge is 0.308 e. The molecule has 0 bridgehead atoms. The third kappa shape index (κ3) is 4.61. The van der Waals surface area contributed by atoms with Gasteiger partial charge in [0.15, 0.2) is 0 Å². The van der Waals surface area contributed by atoms with Gasteiger partial charge in [0.25, 0.3) is 0 Å². The normalized spacial score (nSPS) is 12.7. The fourth-order valence-electron chi connectivity index (χ4n) is 1.04. The number of hydrogen-bond acceptors (Lipinski definition) is 6. The van der Waals surface area contributed by atoms with Crippen molar-refractivity contribution in [2.24, 2.45) is 0 Å². The SMILES string of the molecule is C=C(P(=O)(OC)OC)P(=O)(OCCC)OCCC. The van der Waals surface area contributed by atoms with Crippen LogP contribution in [-0.2, 0) is 27.2 Å². The van der Waals surface area contributed by atoms with E-state index >= 15 is 0 Å². The van der Waals surface area contributed by atoms with Gasteiger partial charge >= 0.3 is 15.2 Å². The summed E-state index contributed by atoms with van der Waals surface area (Å²) < 4.78 is 44.6. The van der Waals surface area contributed by atoms with Crippen molar-refractivity contribution in [3.8, 4) is 0 Å². The van der Waals surface area contributed by atoms with Crippen LogP contribution in [0.2, 0.25) is 0 Å². The molecule has 6 nitrogen and oxygen atoms in total. The second-order valence-corrected chi connectivity index (χ2v) is 8.11. The summed E-state index contributed by atoms with van der Waals surface area (Å²) in [5.41, 5.74) is 0. The highest BCUT2D eigenvalue weighted by atomic mass is 31.2. The highest BCUT2D eigenvalue weighted by Gasteiger charge is 2.42. The second-order valence-electron chi connectivity index (χ2n) is 3.44. The predicted molar refractivity (Wildman–Crippen MR) is 70.9 cm³/mol. The first kappa shape index (κ1) is 18.0. The van der Waals surface area contributed by atoms with Crippen molar-refractivity contribution in [2.75, 3.05) is 27.4 Å². The van der Waals surface area contributed by atoms with Gasteiger partial charge in [-0.25, -0.2) is 0 Å². The topological polar surface area (TPSA) is 71.1 Å². The van der Waals surface area contributed by atoms with E-state index in [1.807, 2.05) is 13.8 Å². The zero-order chi connectivity index (χ0) is 14.2. The van der Waals surface area contributed by atoms with Crippen LogP contribution in [0.15, 0.2) is 11.6 Å². The molecule has 0 rings (SSSR count). The molecule has 0 aliphatic rings. The molecule has 0 heterocycles. The van der Waals surface area contributed by atoms with Crippen molar-refractivity contribution < 1.29 is 27.2 Å². The van der Waals surface area contributed by atoms with Crippen molar-refractivity contribution >= 4 is 15.2 Å². The molecule has 0 aromatic carbocycles. The summed E-state index contributed by atoms with van der Waals surface area (Å²) in [4.78, 5) is 0. The summed E-state index contributed by atoms with van der Waals surface area (Å²) in [7, 11) is -5.00. The molecule has 0 aliphatic carbocycles. The van der Waals surface area contributed by atoms with Crippen molar-refractivity contribution in [3.63, 3.8) is 0 Å². The van der Waals surface area contributed by atoms with Crippen LogP contribution in [0.4, 0.5) is 0 Å². The minimum Gasteiger partial charge on any atom is -0.308 e. The molecule has 0 fully saturated rings. The van der Waals surface area contributed by atoms with E-state index in [0.29, 0.717) is 12.8 Å². The summed E-state index contributed by atoms with van der Waals surface area (Å²) in [6.07, 6.45) is 1.30. The Balaban J connectivity index is 5.12. The van der Waals surface area contributed by atoms with Crippen molar-refractivity contribution in [2.45, 2.75) is 26.7 Å². The fourth-order valence-corrected chi connectivity index (χ4v) is 4.87. The van der Waals surface area contributed by atoms with Crippen LogP contribution >= 0.6 is 15.2 Å². The van der Waals surface area contributed by atoms with E-state index in [1.165, 1.54) is 14.2 Å². The molecular weight excluding hydrogens is 278 g/mol. The Morgan fingerprint density at radius 2 is 1.33 bits per heavy atom. The zero-order valence-corrected chi connectivity index (χ0v) is 13.2. The average molecular weight is 300 g/mol. The minimum absolute atomic E-state index is 0.216. The molecule has 0 N–H and O–H groups in total. The zero-order valence-electron chi connectivity index (χ0n) is 11.4. The molecule has 0 spiro atoms. The Labute approximate surface area is 109 Å². The molecule has 0 aliphatic heterocycles. The molecular formula is C10H22O6P2. The van der Waals surface area contributed by atoms with E-state index in [0.717, 1.165) is 0 Å². The van der Waals surface area contributed by atoms with Gasteiger partial charge in [-0.15, -0.1) is 0 Å². The van der Waals surface area contributed by atoms with Gasteiger partial charge in [0, 0.05) is 14.2 Å². The molecule has 0 saturated carbocycles. The van der Waals surface area contributed by atoms with Gasteiger partial charge in [0.05, 0.1) is 13.2 Å². The van der Waals surface area contributed by atoms with Gasteiger partial charge in [-0.3, -0.25) is 9.13 Å². The van der Waals surface area contributed by atoms with Crippen molar-refractivity contribution in [1.29, 1.82) is 0 Å². The molecule has 0 aromatic rings. The van der Waals surface area contributed by atoms with Gasteiger partial charge in [0.1, 0.15) is 5.06 Å². The lowest BCUT2D eigenvalue weighted by atomic mass is 10.5. The molecule has 18 heavy (non-hydrogen) atoms. The quantitative estimate of drug-likeness (QED) is 0.568. The maximum atomic E-state index is 12.5. The lowest BCUT2D eigenvalue weighted by Gasteiger charge is -2.23. The summed E-state index contributed by atoms with van der Waals surface area (Å²) in [5.74, 6) is 0. The summed E-state index contributed by atoms with van der Waals surface area (Å²) in [6, 6.07) is 0. The molecule has 0 unspecified atom stereocenters. The molecule has 0 aromatic heterocycles. The standard InChI is InChI=1S/C10H22O6P2/c1-6-8-15-18(12,16-9-7-2)10(3)17(11,13-4)14-5/h3,6-9H2,1-2,4-5H3. The van der Waals surface area contributed by atoms with E-state index in [1.54, 1.807) is 0 Å². The van der Waals surface area contributed by atoms with Gasteiger partial charge in [0.2, 0.25) is 0 Å². The second kappa shape index (κ2) is 8.26. The minimum atomic E-state index is -3.71. The van der Waals surface area contributed by atoms with E-state index in [4.69, 9.17) is 18.1 Å². The van der Waals surface area contributed by atoms with Crippen LogP contribution < -0.4 is 0 Å². The maximum absolute atomic E-state index is 12.5. The highest BCUT2D eigenvalue weighted by Crippen LogP contribution is 2.72. The first-order valence-corrected chi connectivity index (χ1v) is 8.79. The molecule has 8 heteroatoms. The molecule has 0 amide bonds. The van der Waals surface area contributed by atoms with Crippen LogP contribution in [0.5, 0.6) is 0 Å². The van der Waals surface area contributed by atoms with Crippen LogP contribution in [0.25, 0.3) is 0 Å². The molecule has 108 valence electrons. The Morgan fingerprint density at radius 1 is 0.944 bits per heavy atom. The van der Waals surface area contributed by atoms with E-state index in [9.17, 15) is 9.13 Å². The predicted octanol–water partition coefficient (Wildman–Crippen LogP) is 3.99. The van der Waals surface area contributed by atoms with Gasteiger partial charge in [-0.05, 0) is 12.8 Å². The Bertz CT molecular complexity index is 334. The average Bonchev–Trinajstić information content (AvgIpc) is 2.41. The summed E-state index contributed by atoms with van der Waals surface area (Å²) >= 11 is 0. The van der Waals surface area contributed by atoms with E-state index < -0.39 is 15.2 Å². The summed E-state index contributed by atoms with van der Waals surface area (Å²) in [6.45, 7) is 7.67. The molecule has 0 atom stereocenters. The Hall–Kier alpha value is 0.0400. The first-order chi connectivity index (χ1) is 8.40. The Kier molecular flexibility index (Phi) is 8.28. The van der Waals surface area contributed by atoms with Crippen LogP contribution in [-0.4, -0.2) is 27.4 Å². The maximum Gasteiger partial charge on any atom is 0.368 e. The van der Waals surface area contributed by atoms with Crippen LogP contribution in [0.1, 0.15) is 26.7 Å². The third-order valence-electron chi connectivity index (χ3n) is 2.04. The monoisotopic (exact) mass is 300 g/mol. The van der Waals surface area contributed by atoms with Gasteiger partial charge in [-0.2, -0.15) is 0 Å². The lowest BCUT2D eigenvalue weighted by molar-refractivity contribution is 0.209. The van der Waals surface area contributed by atoms with Crippen LogP contribution in [0.3, 0.4) is 0 Å². The highest BCUT2D eigenvalue weighted by molar-refractivity contribution is 7.78. The van der Waals surface area contributed by atoms with Crippen LogP contribution in [0, 0.1) is 0 Å². The number of rotatable bonds is 10. The largest absolute Gasteiger partial charge is 0.368 e. The molecule has 0 radical (unpaired) electrons. The lowest BCUT2D eigenvalue weighted by Crippen LogP contribution is -2.03. The Morgan fingerprint density at radius 3 is 1.61 bits per heavy atom. The van der Waals surface area contributed by atoms with E-state index in [2.05, 4.69) is 6.58 Å². The summed E-state index contributed by atoms with van der Waals surface area (Å²) in [5, 5.41) is -0.262. The first-order valence-electron chi connectivity index (χ1n) is 5.70. The van der Waals surface area contributed by atoms with E-state index in [-0.39, 0.29) is 18.3 Å². The number of hydrogen-bond donors (Lipinski definition) is 0. The van der Waals surface area contributed by atoms with Crippen molar-refractivity contribution in [1.82, 2.24) is 0 Å². The fraction of sp³-hybridized carbons (Fsp3) is 0.800. The van der Waals surface area contributed by atoms with Crippen molar-refractivity contribution in [3.05, 3.63) is 11.6 Å². The molecule has 0 saturated heterocycles. The van der Waals surface area contributed by atoms with Gasteiger partial charge in [-0.1, -0.05) is 20.4 Å². The van der Waals surface area contributed by atoms with Gasteiger partial charge < -0.3 is 18.1 Å². The third-order valence-corrected chi connectivity index (χ3v) is 6.78.